The van der Waals surface area contributed by atoms with Crippen LogP contribution in [-0.2, 0) is 4.79 Å². The Morgan fingerprint density at radius 2 is 1.62 bits per heavy atom. The number of carbonyl (C=O) groups is 1. The first-order valence-corrected chi connectivity index (χ1v) is 12.0. The number of amides is 1. The van der Waals surface area contributed by atoms with Crippen molar-refractivity contribution in [2.45, 2.75) is 23.6 Å². The van der Waals surface area contributed by atoms with Gasteiger partial charge in [0.05, 0.1) is 4.92 Å². The van der Waals surface area contributed by atoms with Gasteiger partial charge >= 0.3 is 0 Å². The second kappa shape index (κ2) is 10.8. The molecule has 0 unspecified atom stereocenters. The Hall–Kier alpha value is -4.81. The molecule has 1 aromatic heterocycles. The molecule has 0 aliphatic rings. The van der Waals surface area contributed by atoms with Gasteiger partial charge in [0.1, 0.15) is 17.4 Å². The highest BCUT2D eigenvalue weighted by atomic mass is 32.2. The van der Waals surface area contributed by atoms with Crippen molar-refractivity contribution < 1.29 is 14.8 Å². The van der Waals surface area contributed by atoms with E-state index in [0.29, 0.717) is 5.69 Å². The zero-order valence-electron chi connectivity index (χ0n) is 20.0. The molecule has 0 bridgehead atoms. The van der Waals surface area contributed by atoms with E-state index in [9.17, 15) is 25.3 Å². The quantitative estimate of drug-likeness (QED) is 0.0975. The van der Waals surface area contributed by atoms with Crippen LogP contribution in [-0.4, -0.2) is 20.5 Å². The van der Waals surface area contributed by atoms with Crippen LogP contribution in [0.25, 0.3) is 11.8 Å². The van der Waals surface area contributed by atoms with E-state index in [1.54, 1.807) is 30.3 Å². The van der Waals surface area contributed by atoms with Gasteiger partial charge in [-0.05, 0) is 92.2 Å². The molecule has 4 rings (SSSR count). The lowest BCUT2D eigenvalue weighted by atomic mass is 10.1. The molecule has 0 spiro atoms. The van der Waals surface area contributed by atoms with Crippen LogP contribution in [0.3, 0.4) is 0 Å². The number of nitriles is 1. The number of carbonyl (C=O) groups excluding carboxylic acids is 1. The second-order valence-electron chi connectivity index (χ2n) is 8.18. The summed E-state index contributed by atoms with van der Waals surface area (Å²) in [5.41, 5.74) is 3.98. The number of nitro groups is 1. The minimum Gasteiger partial charge on any atom is -0.508 e. The Morgan fingerprint density at radius 1 is 1.03 bits per heavy atom. The highest BCUT2D eigenvalue weighted by molar-refractivity contribution is 7.99. The monoisotopic (exact) mass is 510 g/mol. The number of anilines is 1. The van der Waals surface area contributed by atoms with Crippen molar-refractivity contribution in [3.05, 3.63) is 112 Å². The molecule has 0 radical (unpaired) electrons. The molecular weight excluding hydrogens is 488 g/mol. The summed E-state index contributed by atoms with van der Waals surface area (Å²) >= 11 is 1.51. The van der Waals surface area contributed by atoms with E-state index >= 15 is 0 Å². The summed E-state index contributed by atoms with van der Waals surface area (Å²) in [4.78, 5) is 24.9. The van der Waals surface area contributed by atoms with Gasteiger partial charge in [-0.2, -0.15) is 5.26 Å². The molecule has 1 amide bonds. The van der Waals surface area contributed by atoms with Gasteiger partial charge in [0.2, 0.25) is 0 Å². The van der Waals surface area contributed by atoms with Crippen molar-refractivity contribution in [1.29, 1.82) is 5.26 Å². The van der Waals surface area contributed by atoms with Crippen LogP contribution in [0.4, 0.5) is 11.4 Å². The predicted molar refractivity (Wildman–Crippen MR) is 143 cm³/mol. The maximum atomic E-state index is 12.6. The molecule has 9 heteroatoms. The number of nitrogens with zero attached hydrogens (tertiary/aromatic N) is 3. The van der Waals surface area contributed by atoms with E-state index in [-0.39, 0.29) is 17.0 Å². The zero-order valence-corrected chi connectivity index (χ0v) is 20.8. The lowest BCUT2D eigenvalue weighted by Crippen LogP contribution is -2.13. The van der Waals surface area contributed by atoms with Crippen molar-refractivity contribution in [3.8, 4) is 17.5 Å². The number of rotatable bonds is 7. The number of phenolic OH excluding ortho intramolecular Hbond substituents is 1. The van der Waals surface area contributed by atoms with E-state index in [0.717, 1.165) is 32.4 Å². The number of phenols is 1. The largest absolute Gasteiger partial charge is 0.508 e. The molecule has 184 valence electrons. The van der Waals surface area contributed by atoms with Crippen LogP contribution in [0.1, 0.15) is 17.0 Å². The number of aromatic nitrogens is 1. The highest BCUT2D eigenvalue weighted by Gasteiger charge is 2.14. The first kappa shape index (κ1) is 25.3. The van der Waals surface area contributed by atoms with E-state index in [2.05, 4.69) is 5.32 Å². The molecule has 2 N–H and O–H groups in total. The zero-order chi connectivity index (χ0) is 26.5. The lowest BCUT2D eigenvalue weighted by Gasteiger charge is -2.11. The molecule has 8 nitrogen and oxygen atoms in total. The third kappa shape index (κ3) is 5.89. The normalized spacial score (nSPS) is 11.1. The molecule has 0 aliphatic carbocycles. The summed E-state index contributed by atoms with van der Waals surface area (Å²) in [5.74, 6) is -0.454. The van der Waals surface area contributed by atoms with E-state index in [1.165, 1.54) is 36.0 Å². The maximum Gasteiger partial charge on any atom is 0.269 e. The number of aryl methyl sites for hydroxylation is 1. The number of hydrogen-bond acceptors (Lipinski definition) is 6. The molecule has 0 aliphatic heterocycles. The summed E-state index contributed by atoms with van der Waals surface area (Å²) in [5, 5.41) is 32.5. The van der Waals surface area contributed by atoms with Crippen molar-refractivity contribution >= 4 is 35.1 Å². The van der Waals surface area contributed by atoms with Gasteiger partial charge in [-0.1, -0.05) is 11.8 Å². The van der Waals surface area contributed by atoms with E-state index in [4.69, 9.17) is 0 Å². The Labute approximate surface area is 217 Å². The fraction of sp³-hybridized carbons (Fsp3) is 0.0714. The van der Waals surface area contributed by atoms with Gasteiger partial charge < -0.3 is 15.0 Å². The number of benzene rings is 3. The van der Waals surface area contributed by atoms with Crippen LogP contribution in [0, 0.1) is 35.3 Å². The molecule has 4 aromatic rings. The maximum absolute atomic E-state index is 12.6. The molecular formula is C28H22N4O4S. The molecule has 37 heavy (non-hydrogen) atoms. The van der Waals surface area contributed by atoms with Gasteiger partial charge in [-0.15, -0.1) is 0 Å². The fourth-order valence-electron chi connectivity index (χ4n) is 3.81. The van der Waals surface area contributed by atoms with Crippen molar-refractivity contribution in [1.82, 2.24) is 4.57 Å². The van der Waals surface area contributed by atoms with Gasteiger partial charge in [-0.25, -0.2) is 0 Å². The molecule has 1 heterocycles. The Balaban J connectivity index is 1.53. The van der Waals surface area contributed by atoms with Gasteiger partial charge in [0.25, 0.3) is 11.6 Å². The Morgan fingerprint density at radius 3 is 2.19 bits per heavy atom. The van der Waals surface area contributed by atoms with Gasteiger partial charge in [-0.3, -0.25) is 14.9 Å². The average Bonchev–Trinajstić information content (AvgIpc) is 3.17. The summed E-state index contributed by atoms with van der Waals surface area (Å²) in [6.07, 6.45) is 1.56. The summed E-state index contributed by atoms with van der Waals surface area (Å²) in [6.45, 7) is 3.87. The van der Waals surface area contributed by atoms with Crippen molar-refractivity contribution in [2.24, 2.45) is 0 Å². The average molecular weight is 511 g/mol. The van der Waals surface area contributed by atoms with Gasteiger partial charge in [0.15, 0.2) is 0 Å². The Kier molecular flexibility index (Phi) is 7.41. The van der Waals surface area contributed by atoms with Crippen molar-refractivity contribution in [2.75, 3.05) is 5.32 Å². The third-order valence-corrected chi connectivity index (χ3v) is 6.65. The van der Waals surface area contributed by atoms with Crippen LogP contribution < -0.4 is 5.32 Å². The molecule has 0 atom stereocenters. The minimum absolute atomic E-state index is 0.0387. The number of non-ortho nitro benzene ring substituents is 1. The number of hydrogen-bond donors (Lipinski definition) is 2. The standard InChI is InChI=1S/C28H22N4O4S/c1-18-15-20(16-21(17-29)28(34)30-22-3-9-25(33)10-4-22)19(2)31(18)23-5-11-26(12-6-23)37-27-13-7-24(8-14-27)32(35)36/h3-16,33H,1-2H3,(H,30,34)/b21-16-. The van der Waals surface area contributed by atoms with Crippen LogP contribution in [0.15, 0.2) is 94.2 Å². The van der Waals surface area contributed by atoms with Crippen LogP contribution in [0.2, 0.25) is 0 Å². The topological polar surface area (TPSA) is 121 Å². The highest BCUT2D eigenvalue weighted by Crippen LogP contribution is 2.31. The van der Waals surface area contributed by atoms with Crippen LogP contribution in [0.5, 0.6) is 5.75 Å². The fourth-order valence-corrected chi connectivity index (χ4v) is 4.63. The third-order valence-electron chi connectivity index (χ3n) is 5.64. The Bertz CT molecular complexity index is 1530. The van der Waals surface area contributed by atoms with Crippen LogP contribution >= 0.6 is 11.8 Å². The molecule has 0 saturated heterocycles. The molecule has 0 saturated carbocycles. The lowest BCUT2D eigenvalue weighted by molar-refractivity contribution is -0.384. The number of aromatic hydroxyl groups is 1. The minimum atomic E-state index is -0.536. The number of nitro benzene ring substituents is 1. The summed E-state index contributed by atoms with van der Waals surface area (Å²) in [6, 6.07) is 24.2. The van der Waals surface area contributed by atoms with E-state index in [1.807, 2.05) is 54.8 Å². The molecule has 3 aromatic carbocycles. The SMILES string of the molecule is Cc1cc(/C=C(/C#N)C(=O)Nc2ccc(O)cc2)c(C)n1-c1ccc(Sc2ccc([N+](=O)[O-])cc2)cc1. The summed E-state index contributed by atoms with van der Waals surface area (Å²) in [7, 11) is 0. The number of nitrogens with one attached hydrogen (secondary N) is 1. The van der Waals surface area contributed by atoms with Crippen molar-refractivity contribution in [3.63, 3.8) is 0 Å². The van der Waals surface area contributed by atoms with Gasteiger partial charge in [0, 0.05) is 44.7 Å². The summed E-state index contributed by atoms with van der Waals surface area (Å²) < 4.78 is 2.04. The molecule has 0 fully saturated rings. The first-order valence-electron chi connectivity index (χ1n) is 11.2. The van der Waals surface area contributed by atoms with E-state index < -0.39 is 10.8 Å². The second-order valence-corrected chi connectivity index (χ2v) is 9.33. The first-order chi connectivity index (χ1) is 17.7. The predicted octanol–water partition coefficient (Wildman–Crippen LogP) is 6.40. The smallest absolute Gasteiger partial charge is 0.269 e.